The zero-order valence-corrected chi connectivity index (χ0v) is 21.4. The van der Waals surface area contributed by atoms with Crippen molar-refractivity contribution in [2.75, 3.05) is 18.9 Å². The Kier molecular flexibility index (Phi) is 7.32. The maximum atomic E-state index is 13.5. The van der Waals surface area contributed by atoms with Crippen LogP contribution in [0.1, 0.15) is 11.5 Å². The lowest BCUT2D eigenvalue weighted by molar-refractivity contribution is 0.391. The van der Waals surface area contributed by atoms with E-state index in [0.717, 1.165) is 0 Å². The summed E-state index contributed by atoms with van der Waals surface area (Å²) in [5.74, 6) is 1.99. The van der Waals surface area contributed by atoms with Gasteiger partial charge in [-0.1, -0.05) is 29.8 Å². The van der Waals surface area contributed by atoms with Gasteiger partial charge >= 0.3 is 0 Å². The number of furan rings is 1. The van der Waals surface area contributed by atoms with Gasteiger partial charge in [-0.2, -0.15) is 0 Å². The van der Waals surface area contributed by atoms with E-state index in [1.54, 1.807) is 55.5 Å². The molecule has 12 heteroatoms. The van der Waals surface area contributed by atoms with Crippen LogP contribution in [0.5, 0.6) is 11.5 Å². The highest BCUT2D eigenvalue weighted by Crippen LogP contribution is 2.38. The Labute approximate surface area is 213 Å². The molecule has 4 rings (SSSR count). The van der Waals surface area contributed by atoms with Crippen LogP contribution in [0.2, 0.25) is 5.15 Å². The smallest absolute Gasteiger partial charge is 0.243 e. The van der Waals surface area contributed by atoms with E-state index in [9.17, 15) is 8.42 Å². The molecule has 0 radical (unpaired) electrons. The molecular formula is C24H24ClN5O5S. The first kappa shape index (κ1) is 25.3. The second kappa shape index (κ2) is 10.4. The number of hydrogen-bond acceptors (Lipinski definition) is 8. The van der Waals surface area contributed by atoms with Crippen molar-refractivity contribution in [2.45, 2.75) is 18.6 Å². The standard InChI is InChI=1S/C24H24ClN5O5S/c1-5-17(14-16-8-6-11-21(25)26-16)36(31,32)29-24-28-27-23(20-13-12-15(2)35-20)30(24)22-18(33-3)9-7-10-19(22)34-4/h5-13,17H,1,14H2,2-4H3,(H,28,29)/t17-/m1/s1. The fraction of sp³-hybridized carbons (Fsp3) is 0.208. The topological polar surface area (TPSA) is 121 Å². The molecule has 0 aliphatic carbocycles. The molecule has 0 saturated heterocycles. The van der Waals surface area contributed by atoms with Crippen molar-refractivity contribution in [1.29, 1.82) is 0 Å². The van der Waals surface area contributed by atoms with Gasteiger partial charge in [-0.3, -0.25) is 9.29 Å². The number of rotatable bonds is 10. The molecule has 3 heterocycles. The second-order valence-electron chi connectivity index (χ2n) is 7.68. The molecule has 1 atom stereocenters. The highest BCUT2D eigenvalue weighted by Gasteiger charge is 2.29. The van der Waals surface area contributed by atoms with E-state index >= 15 is 0 Å². The predicted octanol–water partition coefficient (Wildman–Crippen LogP) is 4.44. The fourth-order valence-electron chi connectivity index (χ4n) is 3.62. The van der Waals surface area contributed by atoms with Gasteiger partial charge in [0.1, 0.15) is 33.3 Å². The number of sulfonamides is 1. The third-order valence-corrected chi connectivity index (χ3v) is 7.16. The molecule has 4 aromatic rings. The molecule has 0 unspecified atom stereocenters. The highest BCUT2D eigenvalue weighted by atomic mass is 35.5. The summed E-state index contributed by atoms with van der Waals surface area (Å²) in [6, 6.07) is 13.7. The van der Waals surface area contributed by atoms with E-state index in [1.807, 2.05) is 0 Å². The van der Waals surface area contributed by atoms with E-state index in [1.165, 1.54) is 24.9 Å². The zero-order chi connectivity index (χ0) is 25.9. The Morgan fingerprint density at radius 1 is 1.11 bits per heavy atom. The molecular weight excluding hydrogens is 506 g/mol. The Bertz CT molecular complexity index is 1480. The maximum absolute atomic E-state index is 13.5. The van der Waals surface area contributed by atoms with Crippen molar-refractivity contribution in [3.05, 3.63) is 77.8 Å². The van der Waals surface area contributed by atoms with Crippen LogP contribution in [0.3, 0.4) is 0 Å². The Hall–Kier alpha value is -3.83. The lowest BCUT2D eigenvalue weighted by Crippen LogP contribution is -2.29. The van der Waals surface area contributed by atoms with E-state index in [4.69, 9.17) is 25.5 Å². The van der Waals surface area contributed by atoms with Crippen LogP contribution in [-0.2, 0) is 16.4 Å². The third-order valence-electron chi connectivity index (χ3n) is 5.33. The largest absolute Gasteiger partial charge is 0.494 e. The Balaban J connectivity index is 1.82. The third kappa shape index (κ3) is 5.07. The predicted molar refractivity (Wildman–Crippen MR) is 136 cm³/mol. The molecule has 0 fully saturated rings. The number of methoxy groups -OCH3 is 2. The molecule has 0 amide bonds. The molecule has 1 aromatic carbocycles. The van der Waals surface area contributed by atoms with Gasteiger partial charge in [0.15, 0.2) is 5.76 Å². The van der Waals surface area contributed by atoms with Gasteiger partial charge < -0.3 is 13.9 Å². The van der Waals surface area contributed by atoms with Crippen LogP contribution >= 0.6 is 11.6 Å². The zero-order valence-electron chi connectivity index (χ0n) is 19.8. The normalized spacial score (nSPS) is 12.2. The molecule has 0 spiro atoms. The monoisotopic (exact) mass is 529 g/mol. The number of anilines is 1. The average molecular weight is 530 g/mol. The van der Waals surface area contributed by atoms with Gasteiger partial charge in [0, 0.05) is 12.1 Å². The first-order valence-electron chi connectivity index (χ1n) is 10.8. The summed E-state index contributed by atoms with van der Waals surface area (Å²) in [4.78, 5) is 4.18. The quantitative estimate of drug-likeness (QED) is 0.236. The van der Waals surface area contributed by atoms with Crippen molar-refractivity contribution in [2.24, 2.45) is 0 Å². The summed E-state index contributed by atoms with van der Waals surface area (Å²) in [5, 5.41) is 7.58. The summed E-state index contributed by atoms with van der Waals surface area (Å²) in [5.41, 5.74) is 0.887. The minimum atomic E-state index is -4.06. The molecule has 3 aromatic heterocycles. The van der Waals surface area contributed by atoms with E-state index in [-0.39, 0.29) is 23.3 Å². The van der Waals surface area contributed by atoms with Crippen molar-refractivity contribution >= 4 is 27.6 Å². The van der Waals surface area contributed by atoms with Crippen molar-refractivity contribution < 1.29 is 22.3 Å². The number of hydrogen-bond donors (Lipinski definition) is 1. The lowest BCUT2D eigenvalue weighted by Gasteiger charge is -2.19. The number of halogens is 1. The minimum absolute atomic E-state index is 0.0513. The SMILES string of the molecule is C=C[C@H](Cc1cccc(Cl)n1)S(=O)(=O)Nc1nnc(-c2ccc(C)o2)n1-c1c(OC)cccc1OC. The number of aryl methyl sites for hydroxylation is 1. The molecule has 1 N–H and O–H groups in total. The summed E-state index contributed by atoms with van der Waals surface area (Å²) in [6.45, 7) is 5.49. The lowest BCUT2D eigenvalue weighted by atomic mass is 10.2. The number of benzene rings is 1. The van der Waals surface area contributed by atoms with E-state index in [0.29, 0.717) is 34.4 Å². The number of nitrogens with zero attached hydrogens (tertiary/aromatic N) is 4. The van der Waals surface area contributed by atoms with Gasteiger partial charge in [-0.05, 0) is 43.3 Å². The molecule has 188 valence electrons. The van der Waals surface area contributed by atoms with E-state index in [2.05, 4.69) is 26.5 Å². The van der Waals surface area contributed by atoms with Gasteiger partial charge in [-0.25, -0.2) is 13.4 Å². The van der Waals surface area contributed by atoms with Crippen molar-refractivity contribution in [3.63, 3.8) is 0 Å². The van der Waals surface area contributed by atoms with Crippen molar-refractivity contribution in [3.8, 4) is 28.8 Å². The van der Waals surface area contributed by atoms with Crippen LogP contribution in [0.25, 0.3) is 17.3 Å². The molecule has 10 nitrogen and oxygen atoms in total. The molecule has 0 bridgehead atoms. The number of pyridine rings is 1. The number of aromatic nitrogens is 4. The fourth-order valence-corrected chi connectivity index (χ4v) is 4.98. The van der Waals surface area contributed by atoms with Crippen LogP contribution in [0, 0.1) is 6.92 Å². The second-order valence-corrected chi connectivity index (χ2v) is 9.97. The highest BCUT2D eigenvalue weighted by molar-refractivity contribution is 7.93. The minimum Gasteiger partial charge on any atom is -0.494 e. The summed E-state index contributed by atoms with van der Waals surface area (Å²) in [7, 11) is -1.07. The van der Waals surface area contributed by atoms with Crippen LogP contribution in [-0.4, -0.2) is 47.6 Å². The van der Waals surface area contributed by atoms with Crippen LogP contribution in [0.15, 0.2) is 65.6 Å². The van der Waals surface area contributed by atoms with Gasteiger partial charge in [-0.15, -0.1) is 16.8 Å². The number of nitrogens with one attached hydrogen (secondary N) is 1. The van der Waals surface area contributed by atoms with Crippen LogP contribution < -0.4 is 14.2 Å². The average Bonchev–Trinajstić information content (AvgIpc) is 3.47. The Morgan fingerprint density at radius 2 is 1.81 bits per heavy atom. The first-order valence-corrected chi connectivity index (χ1v) is 12.7. The van der Waals surface area contributed by atoms with Crippen LogP contribution in [0.4, 0.5) is 5.95 Å². The summed E-state index contributed by atoms with van der Waals surface area (Å²) >= 11 is 5.97. The van der Waals surface area contributed by atoms with Crippen molar-refractivity contribution in [1.82, 2.24) is 19.7 Å². The van der Waals surface area contributed by atoms with Gasteiger partial charge in [0.05, 0.1) is 14.2 Å². The van der Waals surface area contributed by atoms with E-state index < -0.39 is 15.3 Å². The van der Waals surface area contributed by atoms with Gasteiger partial charge in [0.25, 0.3) is 0 Å². The molecule has 0 saturated carbocycles. The maximum Gasteiger partial charge on any atom is 0.243 e. The van der Waals surface area contributed by atoms with Gasteiger partial charge in [0.2, 0.25) is 21.8 Å². The molecule has 36 heavy (non-hydrogen) atoms. The summed E-state index contributed by atoms with van der Waals surface area (Å²) in [6.07, 6.45) is 1.38. The molecule has 0 aliphatic heterocycles. The number of ether oxygens (including phenoxy) is 2. The number of para-hydroxylation sites is 1. The summed E-state index contributed by atoms with van der Waals surface area (Å²) < 4.78 is 47.8. The first-order chi connectivity index (χ1) is 17.3. The molecule has 0 aliphatic rings. The Morgan fingerprint density at radius 3 is 2.39 bits per heavy atom.